The number of amides is 2. The number of hydrogen-bond acceptors (Lipinski definition) is 4. The Morgan fingerprint density at radius 1 is 1.07 bits per heavy atom. The first-order valence-corrected chi connectivity index (χ1v) is 9.99. The maximum atomic E-state index is 12.1. The summed E-state index contributed by atoms with van der Waals surface area (Å²) in [5, 5.41) is 0. The fourth-order valence-electron chi connectivity index (χ4n) is 2.26. The Morgan fingerprint density at radius 2 is 1.79 bits per heavy atom. The van der Waals surface area contributed by atoms with Gasteiger partial charge in [-0.3, -0.25) is 20.4 Å². The van der Waals surface area contributed by atoms with E-state index in [0.29, 0.717) is 17.1 Å². The molecule has 0 heterocycles. The molecule has 2 amide bonds. The zero-order valence-electron chi connectivity index (χ0n) is 16.3. The van der Waals surface area contributed by atoms with E-state index < -0.39 is 11.8 Å². The molecule has 28 heavy (non-hydrogen) atoms. The monoisotopic (exact) mass is 448 g/mol. The van der Waals surface area contributed by atoms with E-state index >= 15 is 0 Å². The van der Waals surface area contributed by atoms with Gasteiger partial charge in [0.1, 0.15) is 11.5 Å². The van der Waals surface area contributed by atoms with Gasteiger partial charge < -0.3 is 9.47 Å². The molecule has 0 aliphatic rings. The zero-order chi connectivity index (χ0) is 20.5. The standard InChI is InChI=1S/C21H25BrN2O4/c1-4-14(3)28-17-9-7-16(8-10-17)21(26)24-23-20(25)13-27-19-11-6-15(5-2)12-18(19)22/h6-12,14H,4-5,13H2,1-3H3,(H,23,25)(H,24,26). The number of hydrazine groups is 1. The molecule has 2 aromatic carbocycles. The van der Waals surface area contributed by atoms with Gasteiger partial charge in [0.2, 0.25) is 0 Å². The molecule has 0 aliphatic heterocycles. The van der Waals surface area contributed by atoms with Crippen LogP contribution in [0.5, 0.6) is 11.5 Å². The van der Waals surface area contributed by atoms with Crippen LogP contribution in [0, 0.1) is 0 Å². The molecular weight excluding hydrogens is 424 g/mol. The van der Waals surface area contributed by atoms with Gasteiger partial charge in [-0.25, -0.2) is 0 Å². The van der Waals surface area contributed by atoms with Crippen LogP contribution in [0.15, 0.2) is 46.9 Å². The van der Waals surface area contributed by atoms with Crippen LogP contribution in [0.4, 0.5) is 0 Å². The smallest absolute Gasteiger partial charge is 0.276 e. The van der Waals surface area contributed by atoms with Crippen molar-refractivity contribution in [3.8, 4) is 11.5 Å². The van der Waals surface area contributed by atoms with Crippen LogP contribution in [0.1, 0.15) is 43.1 Å². The van der Waals surface area contributed by atoms with Crippen molar-refractivity contribution in [2.45, 2.75) is 39.7 Å². The summed E-state index contributed by atoms with van der Waals surface area (Å²) in [6.07, 6.45) is 1.92. The molecule has 1 atom stereocenters. The molecule has 2 N–H and O–H groups in total. The Hall–Kier alpha value is -2.54. The van der Waals surface area contributed by atoms with Crippen molar-refractivity contribution in [2.75, 3.05) is 6.61 Å². The highest BCUT2D eigenvalue weighted by Gasteiger charge is 2.10. The lowest BCUT2D eigenvalue weighted by Gasteiger charge is -2.13. The van der Waals surface area contributed by atoms with Crippen LogP contribution in [0.2, 0.25) is 0 Å². The molecule has 0 saturated heterocycles. The molecule has 2 rings (SSSR count). The molecule has 0 bridgehead atoms. The van der Waals surface area contributed by atoms with Crippen LogP contribution in [0.3, 0.4) is 0 Å². The van der Waals surface area contributed by atoms with Gasteiger partial charge in [-0.1, -0.05) is 19.9 Å². The fraction of sp³-hybridized carbons (Fsp3) is 0.333. The molecule has 7 heteroatoms. The maximum absolute atomic E-state index is 12.1. The Bertz CT molecular complexity index is 809. The summed E-state index contributed by atoms with van der Waals surface area (Å²) in [6.45, 7) is 5.86. The van der Waals surface area contributed by atoms with E-state index in [-0.39, 0.29) is 12.7 Å². The average molecular weight is 449 g/mol. The van der Waals surface area contributed by atoms with Gasteiger partial charge in [0.15, 0.2) is 6.61 Å². The number of halogens is 1. The molecule has 0 fully saturated rings. The van der Waals surface area contributed by atoms with Crippen molar-refractivity contribution >= 4 is 27.7 Å². The summed E-state index contributed by atoms with van der Waals surface area (Å²) in [5.41, 5.74) is 6.28. The van der Waals surface area contributed by atoms with Crippen LogP contribution in [-0.2, 0) is 11.2 Å². The third-order valence-electron chi connectivity index (χ3n) is 4.11. The van der Waals surface area contributed by atoms with Crippen LogP contribution in [-0.4, -0.2) is 24.5 Å². The van der Waals surface area contributed by atoms with Crippen molar-refractivity contribution < 1.29 is 19.1 Å². The largest absolute Gasteiger partial charge is 0.491 e. The van der Waals surface area contributed by atoms with E-state index in [4.69, 9.17) is 9.47 Å². The Balaban J connectivity index is 1.79. The number of carbonyl (C=O) groups excluding carboxylic acids is 2. The maximum Gasteiger partial charge on any atom is 0.276 e. The number of benzene rings is 2. The Labute approximate surface area is 173 Å². The highest BCUT2D eigenvalue weighted by molar-refractivity contribution is 9.10. The minimum Gasteiger partial charge on any atom is -0.491 e. The van der Waals surface area contributed by atoms with E-state index in [1.807, 2.05) is 26.0 Å². The number of nitrogens with one attached hydrogen (secondary N) is 2. The first-order valence-electron chi connectivity index (χ1n) is 9.20. The summed E-state index contributed by atoms with van der Waals surface area (Å²) in [6, 6.07) is 12.4. The lowest BCUT2D eigenvalue weighted by atomic mass is 10.2. The van der Waals surface area contributed by atoms with Crippen molar-refractivity contribution in [3.63, 3.8) is 0 Å². The SMILES string of the molecule is CCc1ccc(OCC(=O)NNC(=O)c2ccc(OC(C)CC)cc2)c(Br)c1. The number of rotatable bonds is 8. The summed E-state index contributed by atoms with van der Waals surface area (Å²) in [5.74, 6) is 0.382. The minimum atomic E-state index is -0.462. The number of hydrogen-bond donors (Lipinski definition) is 2. The van der Waals surface area contributed by atoms with E-state index in [2.05, 4.69) is 33.7 Å². The van der Waals surface area contributed by atoms with E-state index in [0.717, 1.165) is 22.9 Å². The second-order valence-corrected chi connectivity index (χ2v) is 7.12. The Kier molecular flexibility index (Phi) is 8.32. The molecule has 2 aromatic rings. The lowest BCUT2D eigenvalue weighted by Crippen LogP contribution is -2.43. The quantitative estimate of drug-likeness (QED) is 0.597. The number of aryl methyl sites for hydroxylation is 1. The lowest BCUT2D eigenvalue weighted by molar-refractivity contribution is -0.123. The first-order chi connectivity index (χ1) is 13.4. The van der Waals surface area contributed by atoms with Gasteiger partial charge in [0.25, 0.3) is 11.8 Å². The molecular formula is C21H25BrN2O4. The van der Waals surface area contributed by atoms with Crippen LogP contribution < -0.4 is 20.3 Å². The topological polar surface area (TPSA) is 76.7 Å². The molecule has 0 saturated carbocycles. The van der Waals surface area contributed by atoms with Gasteiger partial charge in [-0.2, -0.15) is 0 Å². The third kappa shape index (κ3) is 6.56. The van der Waals surface area contributed by atoms with Gasteiger partial charge >= 0.3 is 0 Å². The molecule has 1 unspecified atom stereocenters. The third-order valence-corrected chi connectivity index (χ3v) is 4.73. The van der Waals surface area contributed by atoms with Gasteiger partial charge in [-0.05, 0) is 77.7 Å². The van der Waals surface area contributed by atoms with Crippen molar-refractivity contribution in [2.24, 2.45) is 0 Å². The van der Waals surface area contributed by atoms with Crippen LogP contribution >= 0.6 is 15.9 Å². The summed E-state index contributed by atoms with van der Waals surface area (Å²) in [7, 11) is 0. The number of ether oxygens (including phenoxy) is 2. The zero-order valence-corrected chi connectivity index (χ0v) is 17.8. The Morgan fingerprint density at radius 3 is 2.39 bits per heavy atom. The van der Waals surface area contributed by atoms with Gasteiger partial charge in [-0.15, -0.1) is 0 Å². The highest BCUT2D eigenvalue weighted by atomic mass is 79.9. The second kappa shape index (κ2) is 10.7. The fourth-order valence-corrected chi connectivity index (χ4v) is 2.80. The molecule has 0 aliphatic carbocycles. The number of carbonyl (C=O) groups is 2. The van der Waals surface area contributed by atoms with E-state index in [1.165, 1.54) is 0 Å². The van der Waals surface area contributed by atoms with Gasteiger partial charge in [0, 0.05) is 5.56 Å². The van der Waals surface area contributed by atoms with E-state index in [1.54, 1.807) is 30.3 Å². The van der Waals surface area contributed by atoms with E-state index in [9.17, 15) is 9.59 Å². The normalized spacial score (nSPS) is 11.4. The molecule has 150 valence electrons. The predicted octanol–water partition coefficient (Wildman–Crippen LogP) is 4.03. The summed E-state index contributed by atoms with van der Waals surface area (Å²) < 4.78 is 11.9. The molecule has 0 aromatic heterocycles. The van der Waals surface area contributed by atoms with Gasteiger partial charge in [0.05, 0.1) is 10.6 Å². The average Bonchev–Trinajstić information content (AvgIpc) is 2.71. The summed E-state index contributed by atoms with van der Waals surface area (Å²) in [4.78, 5) is 24.0. The second-order valence-electron chi connectivity index (χ2n) is 6.27. The summed E-state index contributed by atoms with van der Waals surface area (Å²) >= 11 is 3.42. The van der Waals surface area contributed by atoms with Crippen LogP contribution in [0.25, 0.3) is 0 Å². The highest BCUT2D eigenvalue weighted by Crippen LogP contribution is 2.26. The predicted molar refractivity (Wildman–Crippen MR) is 111 cm³/mol. The molecule has 0 radical (unpaired) electrons. The van der Waals surface area contributed by atoms with Crippen molar-refractivity contribution in [1.29, 1.82) is 0 Å². The van der Waals surface area contributed by atoms with Crippen molar-refractivity contribution in [1.82, 2.24) is 10.9 Å². The van der Waals surface area contributed by atoms with Crippen molar-refractivity contribution in [3.05, 3.63) is 58.1 Å². The molecule has 6 nitrogen and oxygen atoms in total. The minimum absolute atomic E-state index is 0.108. The molecule has 0 spiro atoms. The first kappa shape index (κ1) is 21.8.